The molecule has 0 aliphatic rings. The molecule has 0 radical (unpaired) electrons. The standard InChI is InChI=1S/C27H21ClF3N7O2/c1-36(14-17-5-3-2-4-6-17)24-23-25(33-15-32-24)37(16-34-23)19-8-10-20(11-9-19)38(40)26(39)35-18-7-12-22(28)21(13-18)27(29,30)31/h2-13,15-16,40H,14H2,1H3,(H,35,39). The summed E-state index contributed by atoms with van der Waals surface area (Å²) in [6.07, 6.45) is -1.66. The van der Waals surface area contributed by atoms with E-state index in [9.17, 15) is 23.2 Å². The lowest BCUT2D eigenvalue weighted by Gasteiger charge is -2.18. The van der Waals surface area contributed by atoms with Crippen molar-refractivity contribution < 1.29 is 23.2 Å². The first-order valence-electron chi connectivity index (χ1n) is 11.8. The quantitative estimate of drug-likeness (QED) is 0.178. The van der Waals surface area contributed by atoms with Crippen molar-refractivity contribution in [3.05, 3.63) is 102 Å². The van der Waals surface area contributed by atoms with E-state index in [1.165, 1.54) is 24.5 Å². The smallest absolute Gasteiger partial charge is 0.353 e. The number of fused-ring (bicyclic) bond motifs is 1. The molecule has 204 valence electrons. The predicted molar refractivity (Wildman–Crippen MR) is 145 cm³/mol. The number of hydrogen-bond acceptors (Lipinski definition) is 6. The van der Waals surface area contributed by atoms with E-state index in [4.69, 9.17) is 11.6 Å². The number of aromatic nitrogens is 4. The highest BCUT2D eigenvalue weighted by Crippen LogP contribution is 2.36. The Morgan fingerprint density at radius 1 is 1.02 bits per heavy atom. The topological polar surface area (TPSA) is 99.4 Å². The first-order chi connectivity index (χ1) is 19.1. The van der Waals surface area contributed by atoms with Crippen LogP contribution in [0.4, 0.5) is 35.2 Å². The summed E-state index contributed by atoms with van der Waals surface area (Å²) < 4.78 is 41.1. The molecule has 0 aliphatic carbocycles. The fourth-order valence-electron chi connectivity index (χ4n) is 4.09. The van der Waals surface area contributed by atoms with Gasteiger partial charge in [-0.05, 0) is 48.0 Å². The summed E-state index contributed by atoms with van der Waals surface area (Å²) in [5.41, 5.74) is 1.69. The maximum Gasteiger partial charge on any atom is 0.417 e. The lowest BCUT2D eigenvalue weighted by Crippen LogP contribution is -2.31. The molecule has 2 N–H and O–H groups in total. The van der Waals surface area contributed by atoms with Crippen LogP contribution in [-0.2, 0) is 12.7 Å². The number of halogens is 4. The Labute approximate surface area is 231 Å². The SMILES string of the molecule is CN(Cc1ccccc1)c1ncnc2c1ncn2-c1ccc(N(O)C(=O)Nc2ccc(Cl)c(C(F)(F)F)c2)cc1. The first kappa shape index (κ1) is 26.9. The minimum absolute atomic E-state index is 0.0774. The van der Waals surface area contributed by atoms with Crippen molar-refractivity contribution >= 4 is 46.0 Å². The molecular formula is C27H21ClF3N7O2. The maximum atomic E-state index is 13.1. The largest absolute Gasteiger partial charge is 0.417 e. The van der Waals surface area contributed by atoms with Crippen molar-refractivity contribution in [3.63, 3.8) is 0 Å². The second-order valence-electron chi connectivity index (χ2n) is 8.78. The van der Waals surface area contributed by atoms with E-state index in [0.717, 1.165) is 11.6 Å². The van der Waals surface area contributed by atoms with Gasteiger partial charge < -0.3 is 10.2 Å². The highest BCUT2D eigenvalue weighted by atomic mass is 35.5. The van der Waals surface area contributed by atoms with Gasteiger partial charge in [-0.2, -0.15) is 18.2 Å². The predicted octanol–water partition coefficient (Wildman–Crippen LogP) is 6.55. The van der Waals surface area contributed by atoms with Crippen molar-refractivity contribution in [1.29, 1.82) is 0 Å². The molecule has 0 atom stereocenters. The molecule has 0 bridgehead atoms. The molecule has 2 aromatic heterocycles. The van der Waals surface area contributed by atoms with Gasteiger partial charge in [0.25, 0.3) is 0 Å². The second-order valence-corrected chi connectivity index (χ2v) is 9.18. The second kappa shape index (κ2) is 10.8. The maximum absolute atomic E-state index is 13.1. The Kier molecular flexibility index (Phi) is 7.28. The molecule has 3 aromatic carbocycles. The van der Waals surface area contributed by atoms with E-state index in [2.05, 4.69) is 20.3 Å². The van der Waals surface area contributed by atoms with E-state index in [0.29, 0.717) is 35.3 Å². The number of hydroxylamine groups is 1. The molecule has 9 nitrogen and oxygen atoms in total. The summed E-state index contributed by atoms with van der Waals surface area (Å²) in [6, 6.07) is 18.0. The van der Waals surface area contributed by atoms with Gasteiger partial charge in [0.15, 0.2) is 17.0 Å². The molecule has 0 unspecified atom stereocenters. The Balaban J connectivity index is 1.33. The Morgan fingerprint density at radius 2 is 1.75 bits per heavy atom. The van der Waals surface area contributed by atoms with Crippen LogP contribution in [0.5, 0.6) is 0 Å². The summed E-state index contributed by atoms with van der Waals surface area (Å²) in [7, 11) is 1.91. The number of carbonyl (C=O) groups is 1. The van der Waals surface area contributed by atoms with Crippen molar-refractivity contribution in [3.8, 4) is 5.69 Å². The third-order valence-electron chi connectivity index (χ3n) is 6.03. The highest BCUT2D eigenvalue weighted by Gasteiger charge is 2.33. The number of alkyl halides is 3. The zero-order chi connectivity index (χ0) is 28.4. The van der Waals surface area contributed by atoms with Crippen LogP contribution in [-0.4, -0.2) is 37.8 Å². The zero-order valence-corrected chi connectivity index (χ0v) is 21.6. The number of urea groups is 1. The number of hydrogen-bond donors (Lipinski definition) is 2. The number of benzene rings is 3. The summed E-state index contributed by atoms with van der Waals surface area (Å²) in [5, 5.41) is 12.4. The van der Waals surface area contributed by atoms with E-state index in [1.54, 1.807) is 23.0 Å². The average Bonchev–Trinajstić information content (AvgIpc) is 3.38. The van der Waals surface area contributed by atoms with Crippen LogP contribution in [0, 0.1) is 0 Å². The van der Waals surface area contributed by atoms with E-state index in [-0.39, 0.29) is 16.4 Å². The molecule has 0 saturated heterocycles. The molecule has 2 amide bonds. The summed E-state index contributed by atoms with van der Waals surface area (Å²) in [4.78, 5) is 27.8. The Bertz CT molecular complexity index is 1660. The first-order valence-corrected chi connectivity index (χ1v) is 12.2. The number of carbonyl (C=O) groups excluding carboxylic acids is 1. The van der Waals surface area contributed by atoms with Crippen molar-refractivity contribution in [1.82, 2.24) is 19.5 Å². The number of amides is 2. The lowest BCUT2D eigenvalue weighted by atomic mass is 10.2. The van der Waals surface area contributed by atoms with E-state index >= 15 is 0 Å². The van der Waals surface area contributed by atoms with Crippen LogP contribution < -0.4 is 15.3 Å². The molecule has 0 saturated carbocycles. The molecule has 5 aromatic rings. The van der Waals surface area contributed by atoms with Crippen LogP contribution in [0.1, 0.15) is 11.1 Å². The van der Waals surface area contributed by atoms with Crippen molar-refractivity contribution in [2.75, 3.05) is 22.3 Å². The molecule has 0 aliphatic heterocycles. The van der Waals surface area contributed by atoms with Gasteiger partial charge in [0.1, 0.15) is 12.7 Å². The van der Waals surface area contributed by atoms with Crippen LogP contribution in [0.15, 0.2) is 85.5 Å². The molecule has 2 heterocycles. The number of anilines is 3. The summed E-state index contributed by atoms with van der Waals surface area (Å²) in [6.45, 7) is 0.621. The molecule has 5 rings (SSSR count). The monoisotopic (exact) mass is 567 g/mol. The van der Waals surface area contributed by atoms with Gasteiger partial charge in [-0.1, -0.05) is 41.9 Å². The third-order valence-corrected chi connectivity index (χ3v) is 6.36. The molecular weight excluding hydrogens is 547 g/mol. The van der Waals surface area contributed by atoms with Gasteiger partial charge in [-0.15, -0.1) is 0 Å². The van der Waals surface area contributed by atoms with E-state index < -0.39 is 22.8 Å². The fraction of sp³-hybridized carbons (Fsp3) is 0.111. The van der Waals surface area contributed by atoms with Crippen molar-refractivity contribution in [2.24, 2.45) is 0 Å². The van der Waals surface area contributed by atoms with Gasteiger partial charge in [0.2, 0.25) is 0 Å². The van der Waals surface area contributed by atoms with Gasteiger partial charge in [0, 0.05) is 25.0 Å². The van der Waals surface area contributed by atoms with Gasteiger partial charge >= 0.3 is 12.2 Å². The van der Waals surface area contributed by atoms with Crippen LogP contribution in [0.3, 0.4) is 0 Å². The normalized spacial score (nSPS) is 11.4. The number of imidazole rings is 1. The number of rotatable bonds is 6. The molecule has 13 heteroatoms. The Morgan fingerprint density at radius 3 is 2.45 bits per heavy atom. The fourth-order valence-corrected chi connectivity index (χ4v) is 4.32. The number of nitrogens with zero attached hydrogens (tertiary/aromatic N) is 6. The van der Waals surface area contributed by atoms with Gasteiger partial charge in [-0.3, -0.25) is 9.77 Å². The van der Waals surface area contributed by atoms with Gasteiger partial charge in [0.05, 0.1) is 16.3 Å². The molecule has 40 heavy (non-hydrogen) atoms. The minimum atomic E-state index is -4.70. The minimum Gasteiger partial charge on any atom is -0.353 e. The summed E-state index contributed by atoms with van der Waals surface area (Å²) in [5.74, 6) is 0.651. The average molecular weight is 568 g/mol. The molecule has 0 spiro atoms. The van der Waals surface area contributed by atoms with Gasteiger partial charge in [-0.25, -0.2) is 19.7 Å². The Hall–Kier alpha value is -4.68. The van der Waals surface area contributed by atoms with Crippen LogP contribution in [0.25, 0.3) is 16.9 Å². The van der Waals surface area contributed by atoms with Crippen LogP contribution >= 0.6 is 11.6 Å². The molecule has 0 fully saturated rings. The third kappa shape index (κ3) is 5.53. The zero-order valence-electron chi connectivity index (χ0n) is 20.8. The lowest BCUT2D eigenvalue weighted by molar-refractivity contribution is -0.137. The summed E-state index contributed by atoms with van der Waals surface area (Å²) >= 11 is 5.62. The number of nitrogens with one attached hydrogen (secondary N) is 1. The van der Waals surface area contributed by atoms with Crippen LogP contribution in [0.2, 0.25) is 5.02 Å². The van der Waals surface area contributed by atoms with E-state index in [1.807, 2.05) is 42.3 Å². The van der Waals surface area contributed by atoms with Crippen molar-refractivity contribution in [2.45, 2.75) is 12.7 Å². The highest BCUT2D eigenvalue weighted by molar-refractivity contribution is 6.31.